The Balaban J connectivity index is 1.81. The average molecular weight is 365 g/mol. The SMILES string of the molecule is Cc1oc(=O)oc1CN(C=O)c1ncc([S+]([O-])c2ccccn2)s1. The minimum Gasteiger partial charge on any atom is -0.605 e. The number of thiazole rings is 1. The van der Waals surface area contributed by atoms with Crippen molar-refractivity contribution in [3.8, 4) is 0 Å². The van der Waals surface area contributed by atoms with Gasteiger partial charge in [-0.2, -0.15) is 0 Å². The van der Waals surface area contributed by atoms with E-state index in [1.165, 1.54) is 11.1 Å². The van der Waals surface area contributed by atoms with E-state index in [4.69, 9.17) is 8.83 Å². The molecule has 3 aromatic rings. The minimum absolute atomic E-state index is 0.00967. The Morgan fingerprint density at radius 2 is 2.21 bits per heavy atom. The number of amides is 1. The summed E-state index contributed by atoms with van der Waals surface area (Å²) in [6.45, 7) is 1.55. The first-order chi connectivity index (χ1) is 11.6. The molecule has 0 radical (unpaired) electrons. The summed E-state index contributed by atoms with van der Waals surface area (Å²) in [6.07, 6.45) is 3.54. The summed E-state index contributed by atoms with van der Waals surface area (Å²) in [5.41, 5.74) is 0. The highest BCUT2D eigenvalue weighted by Crippen LogP contribution is 2.30. The zero-order chi connectivity index (χ0) is 17.1. The molecule has 0 aliphatic carbocycles. The van der Waals surface area contributed by atoms with Crippen molar-refractivity contribution in [3.05, 3.63) is 52.7 Å². The van der Waals surface area contributed by atoms with E-state index in [2.05, 4.69) is 9.97 Å². The molecule has 1 atom stereocenters. The van der Waals surface area contributed by atoms with Crippen molar-refractivity contribution in [2.24, 2.45) is 0 Å². The molecule has 0 saturated carbocycles. The van der Waals surface area contributed by atoms with Crippen LogP contribution in [0.4, 0.5) is 5.13 Å². The Labute approximate surface area is 142 Å². The molecule has 0 aliphatic heterocycles. The Kier molecular flexibility index (Phi) is 4.79. The first-order valence-electron chi connectivity index (χ1n) is 6.68. The maximum absolute atomic E-state index is 12.4. The third-order valence-electron chi connectivity index (χ3n) is 3.01. The minimum atomic E-state index is -1.48. The topological polar surface area (TPSA) is 113 Å². The van der Waals surface area contributed by atoms with Crippen molar-refractivity contribution in [3.63, 3.8) is 0 Å². The van der Waals surface area contributed by atoms with Gasteiger partial charge in [-0.1, -0.05) is 6.07 Å². The largest absolute Gasteiger partial charge is 0.605 e. The van der Waals surface area contributed by atoms with Crippen LogP contribution in [0, 0.1) is 6.92 Å². The number of carbonyl (C=O) groups is 1. The number of carbonyl (C=O) groups excluding carboxylic acids is 1. The van der Waals surface area contributed by atoms with E-state index in [0.717, 1.165) is 11.3 Å². The monoisotopic (exact) mass is 365 g/mol. The number of aromatic nitrogens is 2. The smallest absolute Gasteiger partial charge is 0.519 e. The van der Waals surface area contributed by atoms with Crippen molar-refractivity contribution in [2.75, 3.05) is 4.90 Å². The summed E-state index contributed by atoms with van der Waals surface area (Å²) in [7, 11) is 0. The molecule has 124 valence electrons. The number of hydrogen-bond donors (Lipinski definition) is 0. The van der Waals surface area contributed by atoms with Gasteiger partial charge in [-0.3, -0.25) is 9.69 Å². The van der Waals surface area contributed by atoms with Gasteiger partial charge in [0.05, 0.1) is 23.9 Å². The second kappa shape index (κ2) is 6.99. The van der Waals surface area contributed by atoms with Gasteiger partial charge in [0.25, 0.3) is 5.03 Å². The molecule has 3 aromatic heterocycles. The van der Waals surface area contributed by atoms with Crippen LogP contribution < -0.4 is 10.7 Å². The lowest BCUT2D eigenvalue weighted by Crippen LogP contribution is -2.20. The summed E-state index contributed by atoms with van der Waals surface area (Å²) in [5, 5.41) is 0.731. The highest BCUT2D eigenvalue weighted by molar-refractivity contribution is 7.93. The molecule has 0 bridgehead atoms. The molecule has 1 unspecified atom stereocenters. The first-order valence-corrected chi connectivity index (χ1v) is 8.65. The second-order valence-electron chi connectivity index (χ2n) is 4.57. The van der Waals surface area contributed by atoms with Crippen LogP contribution in [0.2, 0.25) is 0 Å². The van der Waals surface area contributed by atoms with Gasteiger partial charge in [-0.05, 0) is 24.3 Å². The summed E-state index contributed by atoms with van der Waals surface area (Å²) < 4.78 is 22.5. The van der Waals surface area contributed by atoms with Crippen LogP contribution in [0.1, 0.15) is 11.5 Å². The highest BCUT2D eigenvalue weighted by Gasteiger charge is 2.23. The Bertz CT molecular complexity index is 889. The van der Waals surface area contributed by atoms with Crippen molar-refractivity contribution in [1.82, 2.24) is 9.97 Å². The van der Waals surface area contributed by atoms with E-state index in [9.17, 15) is 14.1 Å². The normalized spacial score (nSPS) is 12.1. The molecule has 0 N–H and O–H groups in total. The van der Waals surface area contributed by atoms with E-state index < -0.39 is 17.0 Å². The lowest BCUT2D eigenvalue weighted by Gasteiger charge is -2.11. The molecule has 3 heterocycles. The van der Waals surface area contributed by atoms with E-state index in [1.54, 1.807) is 31.3 Å². The van der Waals surface area contributed by atoms with Crippen molar-refractivity contribution < 1.29 is 18.2 Å². The summed E-state index contributed by atoms with van der Waals surface area (Å²) in [5.74, 6) is -0.306. The number of anilines is 1. The van der Waals surface area contributed by atoms with Gasteiger partial charge < -0.3 is 13.4 Å². The molecule has 10 heteroatoms. The number of aryl methyl sites for hydroxylation is 1. The van der Waals surface area contributed by atoms with Crippen molar-refractivity contribution >= 4 is 34.1 Å². The van der Waals surface area contributed by atoms with Gasteiger partial charge >= 0.3 is 5.82 Å². The zero-order valence-electron chi connectivity index (χ0n) is 12.4. The molecular formula is C14H11N3O5S2. The third-order valence-corrected chi connectivity index (χ3v) is 5.63. The van der Waals surface area contributed by atoms with E-state index >= 15 is 0 Å². The number of nitrogens with zero attached hydrogens (tertiary/aromatic N) is 3. The molecule has 0 aliphatic rings. The summed E-state index contributed by atoms with van der Waals surface area (Å²) in [6, 6.07) is 5.12. The molecule has 0 aromatic carbocycles. The highest BCUT2D eigenvalue weighted by atomic mass is 32.2. The Morgan fingerprint density at radius 1 is 1.38 bits per heavy atom. The van der Waals surface area contributed by atoms with Gasteiger partial charge in [-0.25, -0.2) is 14.8 Å². The first kappa shape index (κ1) is 16.4. The maximum atomic E-state index is 12.4. The van der Waals surface area contributed by atoms with Crippen LogP contribution in [0.5, 0.6) is 0 Å². The van der Waals surface area contributed by atoms with E-state index in [0.29, 0.717) is 26.5 Å². The molecule has 24 heavy (non-hydrogen) atoms. The quantitative estimate of drug-likeness (QED) is 0.483. The molecule has 8 nitrogen and oxygen atoms in total. The number of rotatable bonds is 6. The van der Waals surface area contributed by atoms with Gasteiger partial charge in [-0.15, -0.1) is 0 Å². The number of pyridine rings is 1. The Hall–Kier alpha value is -2.43. The van der Waals surface area contributed by atoms with Gasteiger partial charge in [0.2, 0.25) is 10.6 Å². The molecule has 0 fully saturated rings. The van der Waals surface area contributed by atoms with Crippen molar-refractivity contribution in [2.45, 2.75) is 22.7 Å². The van der Waals surface area contributed by atoms with Gasteiger partial charge in [0.1, 0.15) is 5.76 Å². The van der Waals surface area contributed by atoms with Crippen molar-refractivity contribution in [1.29, 1.82) is 0 Å². The van der Waals surface area contributed by atoms with Crippen LogP contribution in [-0.4, -0.2) is 20.9 Å². The molecular weight excluding hydrogens is 354 g/mol. The molecule has 1 amide bonds. The van der Waals surface area contributed by atoms with E-state index in [1.807, 2.05) is 0 Å². The summed E-state index contributed by atoms with van der Waals surface area (Å²) >= 11 is -0.387. The Morgan fingerprint density at radius 3 is 2.83 bits per heavy atom. The van der Waals surface area contributed by atoms with Crippen LogP contribution in [0.3, 0.4) is 0 Å². The fraction of sp³-hybridized carbons (Fsp3) is 0.143. The molecule has 0 saturated heterocycles. The van der Waals surface area contributed by atoms with Crippen LogP contribution in [-0.2, 0) is 22.5 Å². The number of hydrogen-bond acceptors (Lipinski definition) is 8. The molecule has 3 rings (SSSR count). The average Bonchev–Trinajstić information content (AvgIpc) is 3.19. The standard InChI is InChI=1S/C14H11N3O5S2/c1-9-10(22-14(19)21-9)7-17(8-18)13-16-6-12(23-13)24(20)11-4-2-3-5-15-11/h2-6,8H,7H2,1H3. The fourth-order valence-electron chi connectivity index (χ4n) is 1.85. The summed E-state index contributed by atoms with van der Waals surface area (Å²) in [4.78, 5) is 31.8. The lowest BCUT2D eigenvalue weighted by molar-refractivity contribution is -0.107. The van der Waals surface area contributed by atoms with Crippen LogP contribution in [0.25, 0.3) is 0 Å². The van der Waals surface area contributed by atoms with Gasteiger partial charge in [0.15, 0.2) is 10.9 Å². The predicted octanol–water partition coefficient (Wildman–Crippen LogP) is 1.72. The van der Waals surface area contributed by atoms with Crippen LogP contribution in [0.15, 0.2) is 53.5 Å². The van der Waals surface area contributed by atoms with Crippen LogP contribution >= 0.6 is 11.3 Å². The maximum Gasteiger partial charge on any atom is 0.519 e. The third kappa shape index (κ3) is 3.40. The lowest BCUT2D eigenvalue weighted by atomic mass is 10.4. The fourth-order valence-corrected chi connectivity index (χ4v) is 3.96. The zero-order valence-corrected chi connectivity index (χ0v) is 14.0. The van der Waals surface area contributed by atoms with Gasteiger partial charge in [0, 0.05) is 12.3 Å². The predicted molar refractivity (Wildman–Crippen MR) is 85.3 cm³/mol. The van der Waals surface area contributed by atoms with E-state index in [-0.39, 0.29) is 12.3 Å². The molecule has 0 spiro atoms. The second-order valence-corrected chi connectivity index (χ2v) is 7.23.